The summed E-state index contributed by atoms with van der Waals surface area (Å²) in [6, 6.07) is 16.7. The fraction of sp³-hybridized carbons (Fsp3) is 0.333. The van der Waals surface area contributed by atoms with Crippen LogP contribution in [0, 0.1) is 11.2 Å². The van der Waals surface area contributed by atoms with Crippen LogP contribution >= 0.6 is 0 Å². The summed E-state index contributed by atoms with van der Waals surface area (Å²) in [4.78, 5) is 7.45. The summed E-state index contributed by atoms with van der Waals surface area (Å²) in [7, 11) is 0. The molecule has 0 N–H and O–H groups in total. The molecule has 27 heavy (non-hydrogen) atoms. The van der Waals surface area contributed by atoms with Crippen molar-refractivity contribution in [2.45, 2.75) is 0 Å². The molecule has 0 atom stereocenters. The summed E-state index contributed by atoms with van der Waals surface area (Å²) >= 11 is 0. The van der Waals surface area contributed by atoms with Gasteiger partial charge in [0, 0.05) is 19.6 Å². The summed E-state index contributed by atoms with van der Waals surface area (Å²) in [5, 5.41) is 9.10. The Balaban J connectivity index is 1.51. The molecule has 2 aromatic carbocycles. The van der Waals surface area contributed by atoms with E-state index in [4.69, 9.17) is 5.10 Å². The summed E-state index contributed by atoms with van der Waals surface area (Å²) in [5.74, 6) is -0.244. The van der Waals surface area contributed by atoms with Crippen molar-refractivity contribution in [1.82, 2.24) is 14.7 Å². The molecule has 138 valence electrons. The van der Waals surface area contributed by atoms with E-state index in [9.17, 15) is 4.39 Å². The van der Waals surface area contributed by atoms with Gasteiger partial charge in [-0.3, -0.25) is 14.7 Å². The van der Waals surface area contributed by atoms with Crippen LogP contribution in [0.1, 0.15) is 11.1 Å². The molecule has 0 aromatic heterocycles. The standard InChI is InChI=1S/C21H22FN5/c22-19-8-6-17(7-9-19)10-23-24-20(18-4-2-1-3-5-18)21-11-25-14-26(12-21)16-27(13-21)15-25/h1-10H,11-16H2/b23-10-,24-20?. The summed E-state index contributed by atoms with van der Waals surface area (Å²) < 4.78 is 13.1. The average molecular weight is 363 g/mol. The number of rotatable bonds is 4. The van der Waals surface area contributed by atoms with Gasteiger partial charge in [-0.1, -0.05) is 42.5 Å². The molecule has 0 radical (unpaired) electrons. The minimum atomic E-state index is -0.244. The highest BCUT2D eigenvalue weighted by Crippen LogP contribution is 2.38. The van der Waals surface area contributed by atoms with Crippen LogP contribution in [-0.4, -0.2) is 66.3 Å². The second kappa shape index (κ2) is 6.64. The van der Waals surface area contributed by atoms with Gasteiger partial charge in [-0.25, -0.2) is 4.39 Å². The first kappa shape index (κ1) is 16.7. The molecule has 4 bridgehead atoms. The van der Waals surface area contributed by atoms with Crippen molar-refractivity contribution in [2.24, 2.45) is 15.6 Å². The molecular weight excluding hydrogens is 341 g/mol. The first-order valence-corrected chi connectivity index (χ1v) is 9.30. The molecule has 0 unspecified atom stereocenters. The largest absolute Gasteiger partial charge is 0.276 e. The van der Waals surface area contributed by atoms with Crippen LogP contribution in [0.2, 0.25) is 0 Å². The molecule has 4 fully saturated rings. The minimum Gasteiger partial charge on any atom is -0.276 e. The molecular formula is C21H22FN5. The molecule has 0 amide bonds. The number of hydrogen-bond donors (Lipinski definition) is 0. The lowest BCUT2D eigenvalue weighted by atomic mass is 9.74. The van der Waals surface area contributed by atoms with E-state index in [1.54, 1.807) is 18.3 Å². The fourth-order valence-corrected chi connectivity index (χ4v) is 4.71. The van der Waals surface area contributed by atoms with Crippen molar-refractivity contribution in [3.63, 3.8) is 0 Å². The van der Waals surface area contributed by atoms with Crippen LogP contribution < -0.4 is 0 Å². The van der Waals surface area contributed by atoms with E-state index in [1.165, 1.54) is 12.1 Å². The van der Waals surface area contributed by atoms with Gasteiger partial charge >= 0.3 is 0 Å². The van der Waals surface area contributed by atoms with Crippen molar-refractivity contribution in [1.29, 1.82) is 0 Å². The minimum absolute atomic E-state index is 0.0315. The number of halogens is 1. The quantitative estimate of drug-likeness (QED) is 0.618. The van der Waals surface area contributed by atoms with Gasteiger partial charge < -0.3 is 0 Å². The topological polar surface area (TPSA) is 34.4 Å². The lowest BCUT2D eigenvalue weighted by Crippen LogP contribution is -2.74. The van der Waals surface area contributed by atoms with Crippen LogP contribution in [-0.2, 0) is 0 Å². The highest BCUT2D eigenvalue weighted by atomic mass is 19.1. The van der Waals surface area contributed by atoms with Crippen LogP contribution in [0.25, 0.3) is 0 Å². The predicted molar refractivity (Wildman–Crippen MR) is 104 cm³/mol. The second-order valence-electron chi connectivity index (χ2n) is 7.80. The van der Waals surface area contributed by atoms with Crippen LogP contribution in [0.3, 0.4) is 0 Å². The molecule has 4 aliphatic heterocycles. The molecule has 4 heterocycles. The van der Waals surface area contributed by atoms with Gasteiger partial charge in [-0.15, -0.1) is 0 Å². The summed E-state index contributed by atoms with van der Waals surface area (Å²) in [6.45, 7) is 6.16. The van der Waals surface area contributed by atoms with Crippen LogP contribution in [0.4, 0.5) is 4.39 Å². The van der Waals surface area contributed by atoms with E-state index >= 15 is 0 Å². The van der Waals surface area contributed by atoms with E-state index in [0.717, 1.165) is 56.5 Å². The van der Waals surface area contributed by atoms with Crippen molar-refractivity contribution in [2.75, 3.05) is 39.6 Å². The Hall–Kier alpha value is -2.41. The van der Waals surface area contributed by atoms with E-state index < -0.39 is 0 Å². The van der Waals surface area contributed by atoms with E-state index in [0.29, 0.717) is 0 Å². The van der Waals surface area contributed by atoms with Gasteiger partial charge in [-0.05, 0) is 23.3 Å². The van der Waals surface area contributed by atoms with Crippen molar-refractivity contribution in [3.05, 3.63) is 71.5 Å². The van der Waals surface area contributed by atoms with Gasteiger partial charge in [0.25, 0.3) is 0 Å². The van der Waals surface area contributed by atoms with Crippen molar-refractivity contribution >= 4 is 11.9 Å². The zero-order chi connectivity index (χ0) is 18.3. The maximum Gasteiger partial charge on any atom is 0.123 e. The maximum atomic E-state index is 13.1. The smallest absolute Gasteiger partial charge is 0.123 e. The molecule has 0 spiro atoms. The second-order valence-corrected chi connectivity index (χ2v) is 7.80. The van der Waals surface area contributed by atoms with Crippen molar-refractivity contribution in [3.8, 4) is 0 Å². The number of nitrogens with zero attached hydrogens (tertiary/aromatic N) is 5. The molecule has 0 saturated carbocycles. The Labute approximate surface area is 158 Å². The molecule has 0 aliphatic carbocycles. The molecule has 2 aromatic rings. The normalized spacial score (nSPS) is 32.3. The fourth-order valence-electron chi connectivity index (χ4n) is 4.71. The monoisotopic (exact) mass is 363 g/mol. The van der Waals surface area contributed by atoms with E-state index in [1.807, 2.05) is 6.07 Å². The predicted octanol–water partition coefficient (Wildman–Crippen LogP) is 2.45. The molecule has 5 nitrogen and oxygen atoms in total. The Kier molecular flexibility index (Phi) is 4.11. The Bertz CT molecular complexity index is 840. The summed E-state index contributed by atoms with van der Waals surface area (Å²) in [6.07, 6.45) is 1.70. The van der Waals surface area contributed by atoms with Crippen LogP contribution in [0.5, 0.6) is 0 Å². The van der Waals surface area contributed by atoms with Gasteiger partial charge in [0.1, 0.15) is 5.82 Å². The zero-order valence-electron chi connectivity index (χ0n) is 15.1. The third kappa shape index (κ3) is 3.20. The van der Waals surface area contributed by atoms with Gasteiger partial charge in [0.2, 0.25) is 0 Å². The zero-order valence-corrected chi connectivity index (χ0v) is 15.1. The highest BCUT2D eigenvalue weighted by molar-refractivity contribution is 6.05. The number of benzene rings is 2. The maximum absolute atomic E-state index is 13.1. The van der Waals surface area contributed by atoms with E-state index in [-0.39, 0.29) is 11.2 Å². The highest BCUT2D eigenvalue weighted by Gasteiger charge is 2.51. The van der Waals surface area contributed by atoms with Gasteiger partial charge in [0.15, 0.2) is 0 Å². The van der Waals surface area contributed by atoms with Gasteiger partial charge in [-0.2, -0.15) is 10.2 Å². The third-order valence-electron chi connectivity index (χ3n) is 5.56. The van der Waals surface area contributed by atoms with Crippen molar-refractivity contribution < 1.29 is 4.39 Å². The lowest BCUT2D eigenvalue weighted by molar-refractivity contribution is -0.149. The first-order valence-electron chi connectivity index (χ1n) is 9.30. The van der Waals surface area contributed by atoms with Gasteiger partial charge in [0.05, 0.1) is 37.3 Å². The number of hydrogen-bond acceptors (Lipinski definition) is 5. The Morgan fingerprint density at radius 2 is 1.44 bits per heavy atom. The summed E-state index contributed by atoms with van der Waals surface area (Å²) in [5.41, 5.74) is 2.98. The lowest BCUT2D eigenvalue weighted by Gasteiger charge is -2.60. The molecule has 4 aliphatic rings. The Morgan fingerprint density at radius 1 is 0.852 bits per heavy atom. The molecule has 6 heteroatoms. The average Bonchev–Trinajstić information content (AvgIpc) is 2.66. The third-order valence-corrected chi connectivity index (χ3v) is 5.56. The first-order chi connectivity index (χ1) is 13.2. The SMILES string of the molecule is Fc1ccc(/C=N\N=C(c2ccccc2)C23CN4CN(CN(C4)C2)C3)cc1. The Morgan fingerprint density at radius 3 is 2.04 bits per heavy atom. The van der Waals surface area contributed by atoms with Crippen LogP contribution in [0.15, 0.2) is 64.8 Å². The molecule has 4 saturated heterocycles. The van der Waals surface area contributed by atoms with E-state index in [2.05, 4.69) is 44.1 Å². The molecule has 6 rings (SSSR count).